The van der Waals surface area contributed by atoms with Crippen molar-refractivity contribution in [3.63, 3.8) is 0 Å². The lowest BCUT2D eigenvalue weighted by atomic mass is 9.55. The van der Waals surface area contributed by atoms with Crippen molar-refractivity contribution < 1.29 is 52.8 Å². The van der Waals surface area contributed by atoms with Gasteiger partial charge in [0.25, 0.3) is 0 Å². The Hall–Kier alpha value is -3.18. The van der Waals surface area contributed by atoms with Gasteiger partial charge in [-0.15, -0.1) is 11.6 Å². The summed E-state index contributed by atoms with van der Waals surface area (Å²) < 4.78 is 27.6. The van der Waals surface area contributed by atoms with Crippen molar-refractivity contribution in [1.82, 2.24) is 0 Å². The Kier molecular flexibility index (Phi) is 9.20. The van der Waals surface area contributed by atoms with Crippen molar-refractivity contribution in [1.29, 1.82) is 0 Å². The van der Waals surface area contributed by atoms with Gasteiger partial charge in [0, 0.05) is 26.7 Å². The molecule has 1 aliphatic heterocycles. The third kappa shape index (κ3) is 5.67. The number of aliphatic hydroxyl groups is 1. The third-order valence-electron chi connectivity index (χ3n) is 8.01. The van der Waals surface area contributed by atoms with Gasteiger partial charge in [-0.1, -0.05) is 31.7 Å². The average Bonchev–Trinajstić information content (AvgIpc) is 3.09. The normalized spacial score (nSPS) is 38.2. The summed E-state index contributed by atoms with van der Waals surface area (Å²) in [5, 5.41) is 11.2. The topological polar surface area (TPSA) is 152 Å². The summed E-state index contributed by atoms with van der Waals surface area (Å²) >= 11 is 6.69. The number of carbonyl (C=O) groups excluding carboxylic acids is 5. The Morgan fingerprint density at radius 3 is 2.30 bits per heavy atom. The van der Waals surface area contributed by atoms with Gasteiger partial charge in [-0.3, -0.25) is 19.2 Å². The van der Waals surface area contributed by atoms with Crippen LogP contribution in [0.15, 0.2) is 36.5 Å². The number of hydrogen-bond acceptors (Lipinski definition) is 11. The lowest BCUT2D eigenvalue weighted by molar-refractivity contribution is -0.218. The lowest BCUT2D eigenvalue weighted by Gasteiger charge is -2.55. The Balaban J connectivity index is 2.32. The SMILES string of the molecule is C=C1CC[C@H](OC(C)=O)[C@]2(C)[C@@H](OC(=O)COC(C)=O)/C=C\C(=C)[C@H](Cl)[C@@H]3OC(=O)[C@H](C)[C@@]3(O)[C@@H](OC(C)=O)[C@@H]12. The van der Waals surface area contributed by atoms with Gasteiger partial charge in [0.15, 0.2) is 18.3 Å². The van der Waals surface area contributed by atoms with Crippen LogP contribution >= 0.6 is 11.6 Å². The van der Waals surface area contributed by atoms with Crippen LogP contribution in [0, 0.1) is 17.3 Å². The molecule has 0 aromatic carbocycles. The average molecular weight is 583 g/mol. The van der Waals surface area contributed by atoms with Crippen molar-refractivity contribution in [2.75, 3.05) is 6.61 Å². The molecule has 1 heterocycles. The molecule has 12 heteroatoms. The highest BCUT2D eigenvalue weighted by atomic mass is 35.5. The van der Waals surface area contributed by atoms with E-state index in [9.17, 15) is 29.1 Å². The van der Waals surface area contributed by atoms with Crippen molar-refractivity contribution in [3.05, 3.63) is 36.5 Å². The van der Waals surface area contributed by atoms with Crippen LogP contribution in [0.1, 0.15) is 47.5 Å². The monoisotopic (exact) mass is 582 g/mol. The maximum absolute atomic E-state index is 12.9. The van der Waals surface area contributed by atoms with E-state index in [1.165, 1.54) is 26.0 Å². The van der Waals surface area contributed by atoms with Gasteiger partial charge in [-0.05, 0) is 31.4 Å². The second-order valence-corrected chi connectivity index (χ2v) is 11.1. The molecule has 0 unspecified atom stereocenters. The first kappa shape index (κ1) is 31.3. The van der Waals surface area contributed by atoms with Crippen molar-refractivity contribution >= 4 is 41.4 Å². The maximum Gasteiger partial charge on any atom is 0.344 e. The van der Waals surface area contributed by atoms with E-state index in [1.54, 1.807) is 6.92 Å². The first-order chi connectivity index (χ1) is 18.5. The molecule has 11 nitrogen and oxygen atoms in total. The highest BCUT2D eigenvalue weighted by Crippen LogP contribution is 2.56. The summed E-state index contributed by atoms with van der Waals surface area (Å²) in [6, 6.07) is 0. The molecule has 0 aromatic rings. The number of rotatable bonds is 5. The van der Waals surface area contributed by atoms with Gasteiger partial charge in [-0.2, -0.15) is 0 Å². The van der Waals surface area contributed by atoms with Gasteiger partial charge in [0.2, 0.25) is 0 Å². The zero-order chi connectivity index (χ0) is 30.2. The number of fused-ring (bicyclic) bond motifs is 2. The van der Waals surface area contributed by atoms with Crippen LogP contribution in [0.5, 0.6) is 0 Å². The molecule has 0 aromatic heterocycles. The highest BCUT2D eigenvalue weighted by molar-refractivity contribution is 6.23. The van der Waals surface area contributed by atoms with E-state index in [0.717, 1.165) is 13.8 Å². The second kappa shape index (κ2) is 11.7. The van der Waals surface area contributed by atoms with E-state index in [-0.39, 0.29) is 18.4 Å². The molecule has 2 aliphatic carbocycles. The molecule has 0 bridgehead atoms. The Labute approximate surface area is 237 Å². The fourth-order valence-corrected chi connectivity index (χ4v) is 6.31. The fourth-order valence-electron chi connectivity index (χ4n) is 5.98. The van der Waals surface area contributed by atoms with Gasteiger partial charge in [0.05, 0.1) is 16.7 Å². The van der Waals surface area contributed by atoms with Gasteiger partial charge < -0.3 is 28.8 Å². The standard InChI is InChI=1S/C28H35ClO11/c1-13-8-10-19(37-17(5)31)27(7)20(39-21(33)12-36-16(4)30)11-9-14(2)23(29)25-28(35,15(3)26(34)40-25)24(22(13)27)38-18(6)32/h9,11,15,19-20,22-25,35H,1-2,8,10,12H2,3-7H3/b11-9-/t15-,19-,20-,22+,23-,24-,25-,27+,28+/m0/s1. The molecule has 0 radical (unpaired) electrons. The number of ether oxygens (including phenoxy) is 5. The minimum Gasteiger partial charge on any atom is -0.462 e. The number of alkyl halides is 1. The summed E-state index contributed by atoms with van der Waals surface area (Å²) in [4.78, 5) is 61.7. The van der Waals surface area contributed by atoms with Crippen LogP contribution in [0.2, 0.25) is 0 Å². The van der Waals surface area contributed by atoms with E-state index in [4.69, 9.17) is 35.3 Å². The van der Waals surface area contributed by atoms with Gasteiger partial charge in [-0.25, -0.2) is 4.79 Å². The van der Waals surface area contributed by atoms with Crippen LogP contribution in [-0.2, 0) is 47.7 Å². The van der Waals surface area contributed by atoms with Crippen LogP contribution in [0.25, 0.3) is 0 Å². The number of esters is 5. The molecule has 220 valence electrons. The van der Waals surface area contributed by atoms with E-state index in [1.807, 2.05) is 0 Å². The van der Waals surface area contributed by atoms with Crippen molar-refractivity contribution in [2.24, 2.45) is 17.3 Å². The highest BCUT2D eigenvalue weighted by Gasteiger charge is 2.69. The molecule has 2 fully saturated rings. The van der Waals surface area contributed by atoms with Gasteiger partial charge in [0.1, 0.15) is 18.3 Å². The summed E-state index contributed by atoms with van der Waals surface area (Å²) in [5.74, 6) is -6.05. The van der Waals surface area contributed by atoms with Crippen molar-refractivity contribution in [2.45, 2.75) is 82.9 Å². The van der Waals surface area contributed by atoms with Crippen LogP contribution in [0.3, 0.4) is 0 Å². The predicted octanol–water partition coefficient (Wildman–Crippen LogP) is 2.32. The van der Waals surface area contributed by atoms with Crippen molar-refractivity contribution in [3.8, 4) is 0 Å². The number of carbonyl (C=O) groups is 5. The summed E-state index contributed by atoms with van der Waals surface area (Å²) in [6.07, 6.45) is -1.59. The quantitative estimate of drug-likeness (QED) is 0.220. The summed E-state index contributed by atoms with van der Waals surface area (Å²) in [5.41, 5.74) is -2.96. The molecular weight excluding hydrogens is 548 g/mol. The molecular formula is C28H35ClO11. The van der Waals surface area contributed by atoms with E-state index in [0.29, 0.717) is 5.57 Å². The summed E-state index contributed by atoms with van der Waals surface area (Å²) in [6.45, 7) is 14.0. The number of halogens is 1. The predicted molar refractivity (Wildman–Crippen MR) is 140 cm³/mol. The molecule has 40 heavy (non-hydrogen) atoms. The molecule has 0 spiro atoms. The van der Waals surface area contributed by atoms with E-state index >= 15 is 0 Å². The number of hydrogen-bond donors (Lipinski definition) is 1. The molecule has 3 rings (SSSR count). The first-order valence-corrected chi connectivity index (χ1v) is 13.3. The third-order valence-corrected chi connectivity index (χ3v) is 8.52. The maximum atomic E-state index is 12.9. The number of allylic oxidation sites excluding steroid dienone is 1. The van der Waals surface area contributed by atoms with Gasteiger partial charge >= 0.3 is 29.8 Å². The van der Waals surface area contributed by atoms with E-state index < -0.39 is 89.1 Å². The Bertz CT molecular complexity index is 1150. The lowest BCUT2D eigenvalue weighted by Crippen LogP contribution is -2.66. The molecule has 1 N–H and O–H groups in total. The minimum absolute atomic E-state index is 0.190. The Morgan fingerprint density at radius 2 is 1.73 bits per heavy atom. The van der Waals surface area contributed by atoms with Crippen LogP contribution < -0.4 is 0 Å². The molecule has 0 amide bonds. The fraction of sp³-hybridized carbons (Fsp3) is 0.607. The zero-order valence-electron chi connectivity index (χ0n) is 23.1. The van der Waals surface area contributed by atoms with Crippen LogP contribution in [0.4, 0.5) is 0 Å². The van der Waals surface area contributed by atoms with E-state index in [2.05, 4.69) is 13.2 Å². The first-order valence-electron chi connectivity index (χ1n) is 12.8. The zero-order valence-corrected chi connectivity index (χ0v) is 23.9. The molecule has 9 atom stereocenters. The molecule has 1 saturated heterocycles. The second-order valence-electron chi connectivity index (χ2n) is 10.7. The van der Waals surface area contributed by atoms with Crippen LogP contribution in [-0.4, -0.2) is 77.0 Å². The molecule has 3 aliphatic rings. The molecule has 1 saturated carbocycles. The summed E-state index contributed by atoms with van der Waals surface area (Å²) in [7, 11) is 0. The minimum atomic E-state index is -2.19. The Morgan fingerprint density at radius 1 is 1.10 bits per heavy atom. The smallest absolute Gasteiger partial charge is 0.344 e. The largest absolute Gasteiger partial charge is 0.462 e.